The maximum Gasteiger partial charge on any atom is 0.342 e. The van der Waals surface area contributed by atoms with Gasteiger partial charge < -0.3 is 20.3 Å². The van der Waals surface area contributed by atoms with E-state index in [-0.39, 0.29) is 23.3 Å². The Morgan fingerprint density at radius 1 is 1.23 bits per heavy atom. The molecular formula is C16H21NO5. The van der Waals surface area contributed by atoms with Crippen molar-refractivity contribution in [1.29, 1.82) is 0 Å². The first-order valence-corrected chi connectivity index (χ1v) is 7.43. The van der Waals surface area contributed by atoms with Gasteiger partial charge in [-0.25, -0.2) is 4.79 Å². The van der Waals surface area contributed by atoms with Crippen LogP contribution in [0, 0.1) is 6.92 Å². The summed E-state index contributed by atoms with van der Waals surface area (Å²) < 4.78 is 5.06. The first kappa shape index (κ1) is 16.1. The number of aryl methyl sites for hydroxylation is 1. The third kappa shape index (κ3) is 3.50. The standard InChI is InChI=1S/C16H21NO5/c1-9-7-8-12(14(19)13(9)18)16(21)22-10(2)15(20)17-11-5-3-4-6-11/h7-8,10-11,18-19H,3-6H2,1-2H3,(H,17,20)/t10-/m0/s1. The van der Waals surface area contributed by atoms with E-state index in [0.717, 1.165) is 25.7 Å². The molecule has 1 aliphatic rings. The van der Waals surface area contributed by atoms with E-state index in [1.807, 2.05) is 0 Å². The third-order valence-electron chi connectivity index (χ3n) is 3.93. The highest BCUT2D eigenvalue weighted by molar-refractivity contribution is 5.95. The minimum absolute atomic E-state index is 0.144. The fraction of sp³-hybridized carbons (Fsp3) is 0.500. The Labute approximate surface area is 129 Å². The third-order valence-corrected chi connectivity index (χ3v) is 3.93. The first-order chi connectivity index (χ1) is 10.4. The number of phenols is 2. The van der Waals surface area contributed by atoms with E-state index in [1.165, 1.54) is 19.1 Å². The molecule has 1 aromatic carbocycles. The molecule has 1 fully saturated rings. The number of benzene rings is 1. The Kier molecular flexibility index (Phi) is 4.90. The molecule has 2 rings (SSSR count). The Balaban J connectivity index is 1.98. The number of nitrogens with one attached hydrogen (secondary N) is 1. The van der Waals surface area contributed by atoms with Crippen molar-refractivity contribution >= 4 is 11.9 Å². The van der Waals surface area contributed by atoms with Gasteiger partial charge in [0.05, 0.1) is 0 Å². The topological polar surface area (TPSA) is 95.9 Å². The number of carbonyl (C=O) groups is 2. The van der Waals surface area contributed by atoms with E-state index in [4.69, 9.17) is 4.74 Å². The summed E-state index contributed by atoms with van der Waals surface area (Å²) in [5, 5.41) is 22.3. The lowest BCUT2D eigenvalue weighted by Gasteiger charge is -2.17. The van der Waals surface area contributed by atoms with E-state index < -0.39 is 17.8 Å². The molecule has 1 aliphatic carbocycles. The molecule has 1 aromatic rings. The van der Waals surface area contributed by atoms with Gasteiger partial charge in [0.2, 0.25) is 0 Å². The number of hydrogen-bond acceptors (Lipinski definition) is 5. The Hall–Kier alpha value is -2.24. The molecule has 0 aliphatic heterocycles. The highest BCUT2D eigenvalue weighted by Crippen LogP contribution is 2.32. The second kappa shape index (κ2) is 6.68. The van der Waals surface area contributed by atoms with Crippen molar-refractivity contribution < 1.29 is 24.5 Å². The van der Waals surface area contributed by atoms with Crippen LogP contribution in [0.2, 0.25) is 0 Å². The molecule has 0 saturated heterocycles. The molecule has 0 spiro atoms. The zero-order valence-corrected chi connectivity index (χ0v) is 12.8. The molecule has 1 amide bonds. The fourth-order valence-corrected chi connectivity index (χ4v) is 2.51. The second-order valence-electron chi connectivity index (χ2n) is 5.66. The van der Waals surface area contributed by atoms with Crippen LogP contribution in [-0.4, -0.2) is 34.2 Å². The summed E-state index contributed by atoms with van der Waals surface area (Å²) in [6.45, 7) is 3.08. The maximum atomic E-state index is 12.0. The van der Waals surface area contributed by atoms with Crippen LogP contribution in [0.1, 0.15) is 48.5 Å². The number of carbonyl (C=O) groups excluding carboxylic acids is 2. The van der Waals surface area contributed by atoms with Gasteiger partial charge >= 0.3 is 5.97 Å². The summed E-state index contributed by atoms with van der Waals surface area (Å²) in [4.78, 5) is 24.0. The molecule has 22 heavy (non-hydrogen) atoms. The van der Waals surface area contributed by atoms with Gasteiger partial charge in [0.25, 0.3) is 5.91 Å². The van der Waals surface area contributed by atoms with Crippen LogP contribution in [-0.2, 0) is 9.53 Å². The Bertz CT molecular complexity index is 578. The summed E-state index contributed by atoms with van der Waals surface area (Å²) in [6.07, 6.45) is 3.11. The van der Waals surface area contributed by atoms with Crippen molar-refractivity contribution in [3.63, 3.8) is 0 Å². The van der Waals surface area contributed by atoms with Crippen molar-refractivity contribution in [1.82, 2.24) is 5.32 Å². The monoisotopic (exact) mass is 307 g/mol. The van der Waals surface area contributed by atoms with Gasteiger partial charge in [-0.15, -0.1) is 0 Å². The van der Waals surface area contributed by atoms with Gasteiger partial charge in [0, 0.05) is 6.04 Å². The summed E-state index contributed by atoms with van der Waals surface area (Å²) in [7, 11) is 0. The molecular weight excluding hydrogens is 286 g/mol. The predicted octanol–water partition coefficient (Wildman–Crippen LogP) is 2.01. The second-order valence-corrected chi connectivity index (χ2v) is 5.66. The highest BCUT2D eigenvalue weighted by Gasteiger charge is 2.25. The van der Waals surface area contributed by atoms with Gasteiger partial charge in [-0.2, -0.15) is 0 Å². The lowest BCUT2D eigenvalue weighted by atomic mass is 10.1. The maximum absolute atomic E-state index is 12.0. The smallest absolute Gasteiger partial charge is 0.342 e. The van der Waals surface area contributed by atoms with Crippen LogP contribution in [0.5, 0.6) is 11.5 Å². The number of ether oxygens (including phenoxy) is 1. The van der Waals surface area contributed by atoms with Crippen LogP contribution in [0.15, 0.2) is 12.1 Å². The zero-order chi connectivity index (χ0) is 16.3. The number of rotatable bonds is 4. The first-order valence-electron chi connectivity index (χ1n) is 7.43. The van der Waals surface area contributed by atoms with Crippen LogP contribution in [0.25, 0.3) is 0 Å². The summed E-state index contributed by atoms with van der Waals surface area (Å²) in [5.74, 6) is -2.09. The normalized spacial score (nSPS) is 16.3. The van der Waals surface area contributed by atoms with Crippen molar-refractivity contribution in [3.05, 3.63) is 23.3 Å². The molecule has 0 radical (unpaired) electrons. The molecule has 1 saturated carbocycles. The molecule has 120 valence electrons. The van der Waals surface area contributed by atoms with Crippen molar-refractivity contribution in [2.45, 2.75) is 51.7 Å². The summed E-state index contributed by atoms with van der Waals surface area (Å²) >= 11 is 0. The Morgan fingerprint density at radius 2 is 1.86 bits per heavy atom. The van der Waals surface area contributed by atoms with Crippen LogP contribution in [0.3, 0.4) is 0 Å². The number of hydrogen-bond donors (Lipinski definition) is 3. The van der Waals surface area contributed by atoms with Crippen molar-refractivity contribution in [2.75, 3.05) is 0 Å². The van der Waals surface area contributed by atoms with E-state index in [1.54, 1.807) is 6.92 Å². The van der Waals surface area contributed by atoms with E-state index in [9.17, 15) is 19.8 Å². The number of esters is 1. The van der Waals surface area contributed by atoms with Gasteiger partial charge in [0.15, 0.2) is 17.6 Å². The summed E-state index contributed by atoms with van der Waals surface area (Å²) in [5.41, 5.74) is 0.282. The molecule has 6 nitrogen and oxygen atoms in total. The van der Waals surface area contributed by atoms with Gasteiger partial charge in [-0.05, 0) is 38.3 Å². The molecule has 3 N–H and O–H groups in total. The molecule has 1 atom stereocenters. The largest absolute Gasteiger partial charge is 0.504 e. The van der Waals surface area contributed by atoms with Crippen LogP contribution < -0.4 is 5.32 Å². The molecule has 0 unspecified atom stereocenters. The Morgan fingerprint density at radius 3 is 2.50 bits per heavy atom. The van der Waals surface area contributed by atoms with E-state index in [0.29, 0.717) is 5.56 Å². The summed E-state index contributed by atoms with van der Waals surface area (Å²) in [6, 6.07) is 2.99. The molecule has 6 heteroatoms. The average molecular weight is 307 g/mol. The number of amides is 1. The number of phenolic OH excluding ortho intramolecular Hbond substituents is 2. The quantitative estimate of drug-likeness (QED) is 0.584. The van der Waals surface area contributed by atoms with Crippen molar-refractivity contribution in [2.24, 2.45) is 0 Å². The zero-order valence-electron chi connectivity index (χ0n) is 12.8. The number of aromatic hydroxyl groups is 2. The minimum Gasteiger partial charge on any atom is -0.504 e. The lowest BCUT2D eigenvalue weighted by molar-refractivity contribution is -0.129. The highest BCUT2D eigenvalue weighted by atomic mass is 16.5. The average Bonchev–Trinajstić information content (AvgIpc) is 2.97. The fourth-order valence-electron chi connectivity index (χ4n) is 2.51. The van der Waals surface area contributed by atoms with Crippen LogP contribution >= 0.6 is 0 Å². The minimum atomic E-state index is -0.962. The van der Waals surface area contributed by atoms with Gasteiger partial charge in [-0.3, -0.25) is 4.79 Å². The molecule has 0 bridgehead atoms. The van der Waals surface area contributed by atoms with Gasteiger partial charge in [-0.1, -0.05) is 18.9 Å². The van der Waals surface area contributed by atoms with Gasteiger partial charge in [0.1, 0.15) is 5.56 Å². The predicted molar refractivity (Wildman–Crippen MR) is 79.8 cm³/mol. The lowest BCUT2D eigenvalue weighted by Crippen LogP contribution is -2.40. The SMILES string of the molecule is Cc1ccc(C(=O)O[C@@H](C)C(=O)NC2CCCC2)c(O)c1O. The van der Waals surface area contributed by atoms with E-state index >= 15 is 0 Å². The molecule has 0 heterocycles. The van der Waals surface area contributed by atoms with Crippen molar-refractivity contribution in [3.8, 4) is 11.5 Å². The molecule has 0 aromatic heterocycles. The van der Waals surface area contributed by atoms with Crippen LogP contribution in [0.4, 0.5) is 0 Å². The van der Waals surface area contributed by atoms with E-state index in [2.05, 4.69) is 5.32 Å².